The molecule has 3 aromatic rings. The molecule has 1 aromatic carbocycles. The van der Waals surface area contributed by atoms with Gasteiger partial charge in [0.1, 0.15) is 5.01 Å². The molecule has 0 unspecified atom stereocenters. The van der Waals surface area contributed by atoms with Gasteiger partial charge in [0.05, 0.1) is 15.9 Å². The standard InChI is InChI=1S/C12H10N2S2/c1-7-2-3-9(13)11-10(7)14-12(16-11)8-4-5-15-6-8/h2-6H,13H2,1H3. The molecule has 0 aliphatic rings. The number of nitrogens with two attached hydrogens (primary N) is 1. The Bertz CT molecular complexity index is 599. The maximum absolute atomic E-state index is 5.96. The van der Waals surface area contributed by atoms with Gasteiger partial charge in [-0.05, 0) is 30.0 Å². The van der Waals surface area contributed by atoms with E-state index < -0.39 is 0 Å². The van der Waals surface area contributed by atoms with Crippen molar-refractivity contribution in [2.45, 2.75) is 6.92 Å². The average molecular weight is 246 g/mol. The number of benzene rings is 1. The van der Waals surface area contributed by atoms with E-state index in [0.717, 1.165) is 20.9 Å². The third kappa shape index (κ3) is 1.42. The maximum atomic E-state index is 5.96. The lowest BCUT2D eigenvalue weighted by atomic mass is 10.2. The number of rotatable bonds is 1. The highest BCUT2D eigenvalue weighted by Gasteiger charge is 2.10. The van der Waals surface area contributed by atoms with Crippen LogP contribution in [0.25, 0.3) is 20.8 Å². The van der Waals surface area contributed by atoms with Crippen molar-refractivity contribution in [1.82, 2.24) is 4.98 Å². The summed E-state index contributed by atoms with van der Waals surface area (Å²) in [4.78, 5) is 4.66. The van der Waals surface area contributed by atoms with E-state index in [1.165, 1.54) is 11.1 Å². The Kier molecular flexibility index (Phi) is 2.19. The smallest absolute Gasteiger partial charge is 0.125 e. The van der Waals surface area contributed by atoms with Gasteiger partial charge < -0.3 is 5.73 Å². The maximum Gasteiger partial charge on any atom is 0.125 e. The molecule has 80 valence electrons. The number of hydrogen-bond donors (Lipinski definition) is 1. The van der Waals surface area contributed by atoms with Crippen LogP contribution in [0.1, 0.15) is 5.56 Å². The Morgan fingerprint density at radius 1 is 1.25 bits per heavy atom. The van der Waals surface area contributed by atoms with Crippen LogP contribution in [0.4, 0.5) is 5.69 Å². The fraction of sp³-hybridized carbons (Fsp3) is 0.0833. The monoisotopic (exact) mass is 246 g/mol. The van der Waals surface area contributed by atoms with Gasteiger partial charge in [-0.25, -0.2) is 4.98 Å². The summed E-state index contributed by atoms with van der Waals surface area (Å²) in [7, 11) is 0. The Morgan fingerprint density at radius 2 is 2.12 bits per heavy atom. The van der Waals surface area contributed by atoms with Crippen LogP contribution in [0, 0.1) is 6.92 Å². The molecule has 0 saturated heterocycles. The molecule has 3 rings (SSSR count). The van der Waals surface area contributed by atoms with Crippen LogP contribution < -0.4 is 5.73 Å². The van der Waals surface area contributed by atoms with Crippen LogP contribution in [-0.2, 0) is 0 Å². The van der Waals surface area contributed by atoms with E-state index in [1.54, 1.807) is 22.7 Å². The summed E-state index contributed by atoms with van der Waals surface area (Å²) in [5, 5.41) is 5.23. The van der Waals surface area contributed by atoms with Crippen LogP contribution in [0.5, 0.6) is 0 Å². The van der Waals surface area contributed by atoms with E-state index in [4.69, 9.17) is 5.73 Å². The molecule has 0 radical (unpaired) electrons. The SMILES string of the molecule is Cc1ccc(N)c2sc(-c3ccsc3)nc12. The fourth-order valence-electron chi connectivity index (χ4n) is 1.66. The van der Waals surface area contributed by atoms with Crippen molar-refractivity contribution in [2.75, 3.05) is 5.73 Å². The molecule has 4 heteroatoms. The van der Waals surface area contributed by atoms with Gasteiger partial charge in [0.2, 0.25) is 0 Å². The molecule has 2 N–H and O–H groups in total. The van der Waals surface area contributed by atoms with Crippen LogP contribution in [0.2, 0.25) is 0 Å². The Morgan fingerprint density at radius 3 is 2.81 bits per heavy atom. The van der Waals surface area contributed by atoms with Crippen molar-refractivity contribution in [1.29, 1.82) is 0 Å². The number of anilines is 1. The van der Waals surface area contributed by atoms with E-state index in [0.29, 0.717) is 0 Å². The number of aryl methyl sites for hydroxylation is 1. The van der Waals surface area contributed by atoms with Gasteiger partial charge in [-0.3, -0.25) is 0 Å². The Hall–Kier alpha value is -1.39. The van der Waals surface area contributed by atoms with Crippen molar-refractivity contribution in [3.63, 3.8) is 0 Å². The van der Waals surface area contributed by atoms with Crippen LogP contribution in [0.3, 0.4) is 0 Å². The largest absolute Gasteiger partial charge is 0.398 e. The molecule has 0 fully saturated rings. The zero-order chi connectivity index (χ0) is 11.1. The molecule has 2 aromatic heterocycles. The molecule has 0 aliphatic heterocycles. The van der Waals surface area contributed by atoms with E-state index in [9.17, 15) is 0 Å². The van der Waals surface area contributed by atoms with Crippen molar-refractivity contribution in [3.05, 3.63) is 34.5 Å². The van der Waals surface area contributed by atoms with Gasteiger partial charge in [-0.2, -0.15) is 11.3 Å². The minimum absolute atomic E-state index is 0.819. The number of thiophene rings is 1. The van der Waals surface area contributed by atoms with Crippen LogP contribution >= 0.6 is 22.7 Å². The number of hydrogen-bond acceptors (Lipinski definition) is 4. The Balaban J connectivity index is 2.31. The van der Waals surface area contributed by atoms with Gasteiger partial charge in [-0.15, -0.1) is 11.3 Å². The minimum atomic E-state index is 0.819. The van der Waals surface area contributed by atoms with Crippen LogP contribution in [-0.4, -0.2) is 4.98 Å². The summed E-state index contributed by atoms with van der Waals surface area (Å²) in [6.45, 7) is 2.07. The zero-order valence-corrected chi connectivity index (χ0v) is 10.4. The first-order valence-electron chi connectivity index (χ1n) is 4.94. The molecule has 2 nitrogen and oxygen atoms in total. The summed E-state index contributed by atoms with van der Waals surface area (Å²) in [6.07, 6.45) is 0. The topological polar surface area (TPSA) is 38.9 Å². The predicted octanol–water partition coefficient (Wildman–Crippen LogP) is 3.92. The predicted molar refractivity (Wildman–Crippen MR) is 72.1 cm³/mol. The first kappa shape index (κ1) is 9.81. The summed E-state index contributed by atoms with van der Waals surface area (Å²) in [5.41, 5.74) is 10.2. The highest BCUT2D eigenvalue weighted by atomic mass is 32.1. The van der Waals surface area contributed by atoms with Crippen molar-refractivity contribution >= 4 is 38.6 Å². The van der Waals surface area contributed by atoms with E-state index >= 15 is 0 Å². The van der Waals surface area contributed by atoms with Crippen molar-refractivity contribution < 1.29 is 0 Å². The molecular formula is C12H10N2S2. The van der Waals surface area contributed by atoms with Gasteiger partial charge in [0.25, 0.3) is 0 Å². The molecule has 0 bridgehead atoms. The highest BCUT2D eigenvalue weighted by Crippen LogP contribution is 2.35. The number of aromatic nitrogens is 1. The molecule has 0 spiro atoms. The third-order valence-corrected chi connectivity index (χ3v) is 4.38. The molecule has 0 aliphatic carbocycles. The number of nitrogen functional groups attached to an aromatic ring is 1. The zero-order valence-electron chi connectivity index (χ0n) is 8.73. The van der Waals surface area contributed by atoms with Crippen LogP contribution in [0.15, 0.2) is 29.0 Å². The molecule has 2 heterocycles. The first-order valence-corrected chi connectivity index (χ1v) is 6.70. The molecule has 0 atom stereocenters. The lowest BCUT2D eigenvalue weighted by Crippen LogP contribution is -1.85. The summed E-state index contributed by atoms with van der Waals surface area (Å²) >= 11 is 3.35. The second kappa shape index (κ2) is 3.57. The van der Waals surface area contributed by atoms with E-state index in [1.807, 2.05) is 12.1 Å². The van der Waals surface area contributed by atoms with Crippen molar-refractivity contribution in [2.24, 2.45) is 0 Å². The number of nitrogens with zero attached hydrogens (tertiary/aromatic N) is 1. The summed E-state index contributed by atoms with van der Waals surface area (Å²) in [5.74, 6) is 0. The lowest BCUT2D eigenvalue weighted by Gasteiger charge is -1.96. The van der Waals surface area contributed by atoms with Gasteiger partial charge >= 0.3 is 0 Å². The Labute approximate surface area is 101 Å². The second-order valence-electron chi connectivity index (χ2n) is 3.68. The number of fused-ring (bicyclic) bond motifs is 1. The molecule has 16 heavy (non-hydrogen) atoms. The van der Waals surface area contributed by atoms with Gasteiger partial charge in [0, 0.05) is 10.9 Å². The average Bonchev–Trinajstić information content (AvgIpc) is 2.90. The second-order valence-corrected chi connectivity index (χ2v) is 5.46. The van der Waals surface area contributed by atoms with Crippen molar-refractivity contribution in [3.8, 4) is 10.6 Å². The van der Waals surface area contributed by atoms with Gasteiger partial charge in [0.15, 0.2) is 0 Å². The fourth-order valence-corrected chi connectivity index (χ4v) is 3.44. The summed E-state index contributed by atoms with van der Waals surface area (Å²) < 4.78 is 1.10. The molecular weight excluding hydrogens is 236 g/mol. The number of thiazole rings is 1. The third-order valence-electron chi connectivity index (χ3n) is 2.54. The summed E-state index contributed by atoms with van der Waals surface area (Å²) in [6, 6.07) is 6.07. The first-order chi connectivity index (χ1) is 7.75. The van der Waals surface area contributed by atoms with E-state index in [-0.39, 0.29) is 0 Å². The van der Waals surface area contributed by atoms with Gasteiger partial charge in [-0.1, -0.05) is 6.07 Å². The highest BCUT2D eigenvalue weighted by molar-refractivity contribution is 7.22. The van der Waals surface area contributed by atoms with E-state index in [2.05, 4.69) is 28.7 Å². The lowest BCUT2D eigenvalue weighted by molar-refractivity contribution is 1.42. The molecule has 0 saturated carbocycles. The minimum Gasteiger partial charge on any atom is -0.398 e. The normalized spacial score (nSPS) is 11.1. The molecule has 0 amide bonds. The quantitative estimate of drug-likeness (QED) is 0.661.